The quantitative estimate of drug-likeness (QED) is 0.174. The van der Waals surface area contributed by atoms with Gasteiger partial charge in [0, 0.05) is 39.8 Å². The van der Waals surface area contributed by atoms with Gasteiger partial charge in [-0.25, -0.2) is 4.99 Å². The maximum atomic E-state index is 5.36. The molecule has 0 radical (unpaired) electrons. The second-order valence-corrected chi connectivity index (χ2v) is 14.7. The molecule has 0 bridgehead atoms. The number of amidine groups is 1. The third kappa shape index (κ3) is 5.47. The summed E-state index contributed by atoms with van der Waals surface area (Å²) >= 11 is 0. The Kier molecular flexibility index (Phi) is 7.71. The van der Waals surface area contributed by atoms with Crippen molar-refractivity contribution < 1.29 is 0 Å². The number of hydrogen-bond donors (Lipinski definition) is 0. The molecule has 2 aromatic heterocycles. The average molecular weight is 732 g/mol. The van der Waals surface area contributed by atoms with Crippen molar-refractivity contribution in [1.29, 1.82) is 0 Å². The maximum absolute atomic E-state index is 5.36. The second-order valence-electron chi connectivity index (χ2n) is 14.7. The molecule has 57 heavy (non-hydrogen) atoms. The fourth-order valence-electron chi connectivity index (χ4n) is 8.63. The molecule has 0 saturated carbocycles. The summed E-state index contributed by atoms with van der Waals surface area (Å²) in [4.78, 5) is 12.9. The van der Waals surface area contributed by atoms with Crippen LogP contribution in [0.15, 0.2) is 210 Å². The van der Waals surface area contributed by atoms with Gasteiger partial charge < -0.3 is 9.47 Å². The van der Waals surface area contributed by atoms with E-state index >= 15 is 0 Å². The standard InChI is InChI=1S/C52H37N5/c1-55-51(40-21-15-20-37(32-40)35-16-5-2-6-17-35)53-50(36-18-7-3-8-19-36)54-52(55)57-47-27-14-12-25-43(47)45-34-39(29-31-49(45)57)38-28-30-48-44(33-38)42-24-11-13-26-46(42)56(48)41-22-9-4-10-23-41/h2-34,51H,1H3. The fourth-order valence-corrected chi connectivity index (χ4v) is 8.63. The topological polar surface area (TPSA) is 37.8 Å². The smallest absolute Gasteiger partial charge is 0.214 e. The first-order valence-corrected chi connectivity index (χ1v) is 19.4. The highest BCUT2D eigenvalue weighted by Gasteiger charge is 2.29. The van der Waals surface area contributed by atoms with E-state index in [9.17, 15) is 0 Å². The molecule has 10 aromatic rings. The molecule has 1 aliphatic heterocycles. The Morgan fingerprint density at radius 2 is 0.877 bits per heavy atom. The normalized spacial score (nSPS) is 14.4. The van der Waals surface area contributed by atoms with Gasteiger partial charge in [-0.1, -0.05) is 146 Å². The van der Waals surface area contributed by atoms with Crippen LogP contribution < -0.4 is 0 Å². The Labute approximate surface area is 330 Å². The molecule has 0 fully saturated rings. The van der Waals surface area contributed by atoms with E-state index in [0.29, 0.717) is 5.84 Å². The number of para-hydroxylation sites is 3. The summed E-state index contributed by atoms with van der Waals surface area (Å²) in [5.74, 6) is 1.54. The summed E-state index contributed by atoms with van der Waals surface area (Å²) in [6.07, 6.45) is -0.295. The minimum atomic E-state index is -0.295. The average Bonchev–Trinajstić information content (AvgIpc) is 3.79. The van der Waals surface area contributed by atoms with Crippen molar-refractivity contribution in [3.8, 4) is 27.9 Å². The van der Waals surface area contributed by atoms with Crippen molar-refractivity contribution in [3.05, 3.63) is 211 Å². The first kappa shape index (κ1) is 32.9. The molecule has 1 aliphatic rings. The molecule has 0 amide bonds. The van der Waals surface area contributed by atoms with Crippen LogP contribution >= 0.6 is 0 Å². The molecule has 1 atom stereocenters. The largest absolute Gasteiger partial charge is 0.319 e. The third-order valence-corrected chi connectivity index (χ3v) is 11.3. The predicted octanol–water partition coefficient (Wildman–Crippen LogP) is 12.5. The van der Waals surface area contributed by atoms with Crippen LogP contribution in [0.4, 0.5) is 0 Å². The minimum absolute atomic E-state index is 0.295. The molecule has 0 aliphatic carbocycles. The van der Waals surface area contributed by atoms with Crippen LogP contribution in [0.3, 0.4) is 0 Å². The molecule has 1 unspecified atom stereocenters. The molecule has 0 N–H and O–H groups in total. The van der Waals surface area contributed by atoms with E-state index in [0.717, 1.165) is 39.4 Å². The van der Waals surface area contributed by atoms with E-state index in [1.807, 2.05) is 6.07 Å². The van der Waals surface area contributed by atoms with Gasteiger partial charge in [-0.05, 0) is 82.4 Å². The summed E-state index contributed by atoms with van der Waals surface area (Å²) < 4.78 is 4.68. The molecule has 3 heterocycles. The Hall–Kier alpha value is -7.50. The van der Waals surface area contributed by atoms with E-state index in [1.165, 1.54) is 49.3 Å². The number of fused-ring (bicyclic) bond motifs is 6. The number of hydrogen-bond acceptors (Lipinski definition) is 3. The van der Waals surface area contributed by atoms with Crippen molar-refractivity contribution in [2.45, 2.75) is 6.17 Å². The van der Waals surface area contributed by atoms with Crippen LogP contribution in [0.25, 0.3) is 71.6 Å². The lowest BCUT2D eigenvalue weighted by Crippen LogP contribution is -2.39. The molecule has 8 aromatic carbocycles. The Morgan fingerprint density at radius 1 is 0.386 bits per heavy atom. The van der Waals surface area contributed by atoms with Crippen LogP contribution in [0.1, 0.15) is 17.3 Å². The van der Waals surface area contributed by atoms with Gasteiger partial charge in [0.05, 0.1) is 22.1 Å². The van der Waals surface area contributed by atoms with E-state index in [-0.39, 0.29) is 6.17 Å². The molecule has 5 heteroatoms. The highest BCUT2D eigenvalue weighted by molar-refractivity contribution is 6.18. The minimum Gasteiger partial charge on any atom is -0.319 e. The number of aromatic nitrogens is 2. The summed E-state index contributed by atoms with van der Waals surface area (Å²) in [6, 6.07) is 71.4. The lowest BCUT2D eigenvalue weighted by Gasteiger charge is -2.33. The number of rotatable bonds is 5. The summed E-state index contributed by atoms with van der Waals surface area (Å²) in [5, 5.41) is 4.84. The van der Waals surface area contributed by atoms with E-state index < -0.39 is 0 Å². The van der Waals surface area contributed by atoms with Gasteiger partial charge in [-0.15, -0.1) is 0 Å². The van der Waals surface area contributed by atoms with Crippen molar-refractivity contribution >= 4 is 55.4 Å². The first-order valence-electron chi connectivity index (χ1n) is 19.4. The van der Waals surface area contributed by atoms with Gasteiger partial charge >= 0.3 is 0 Å². The van der Waals surface area contributed by atoms with Crippen LogP contribution in [0, 0.1) is 0 Å². The number of aliphatic imine (C=N–C) groups is 2. The monoisotopic (exact) mass is 731 g/mol. The zero-order valence-corrected chi connectivity index (χ0v) is 31.4. The number of nitrogens with zero attached hydrogens (tertiary/aromatic N) is 5. The van der Waals surface area contributed by atoms with Gasteiger partial charge in [0.1, 0.15) is 0 Å². The zero-order chi connectivity index (χ0) is 37.9. The molecule has 0 saturated heterocycles. The van der Waals surface area contributed by atoms with E-state index in [2.05, 4.69) is 215 Å². The lowest BCUT2D eigenvalue weighted by atomic mass is 10.0. The van der Waals surface area contributed by atoms with Gasteiger partial charge in [-0.3, -0.25) is 4.57 Å². The van der Waals surface area contributed by atoms with Gasteiger partial charge in [0.25, 0.3) is 0 Å². The molecule has 5 nitrogen and oxygen atoms in total. The summed E-state index contributed by atoms with van der Waals surface area (Å²) in [6.45, 7) is 0. The Balaban J connectivity index is 1.07. The highest BCUT2D eigenvalue weighted by atomic mass is 15.4. The zero-order valence-electron chi connectivity index (χ0n) is 31.4. The lowest BCUT2D eigenvalue weighted by molar-refractivity contribution is 0.372. The first-order chi connectivity index (χ1) is 28.2. The Bertz CT molecular complexity index is 3190. The summed E-state index contributed by atoms with van der Waals surface area (Å²) in [5.41, 5.74) is 12.5. The Morgan fingerprint density at radius 3 is 1.53 bits per heavy atom. The van der Waals surface area contributed by atoms with Crippen LogP contribution in [-0.4, -0.2) is 32.9 Å². The molecular weight excluding hydrogens is 695 g/mol. The molecule has 0 spiro atoms. The van der Waals surface area contributed by atoms with Crippen molar-refractivity contribution in [2.24, 2.45) is 9.98 Å². The number of benzene rings is 8. The van der Waals surface area contributed by atoms with Crippen molar-refractivity contribution in [2.75, 3.05) is 7.05 Å². The summed E-state index contributed by atoms with van der Waals surface area (Å²) in [7, 11) is 2.11. The van der Waals surface area contributed by atoms with Crippen molar-refractivity contribution in [3.63, 3.8) is 0 Å². The van der Waals surface area contributed by atoms with Crippen molar-refractivity contribution in [1.82, 2.24) is 14.0 Å². The fraction of sp³-hybridized carbons (Fsp3) is 0.0385. The highest BCUT2D eigenvalue weighted by Crippen LogP contribution is 2.39. The van der Waals surface area contributed by atoms with Gasteiger partial charge in [0.15, 0.2) is 12.0 Å². The predicted molar refractivity (Wildman–Crippen MR) is 237 cm³/mol. The second kappa shape index (κ2) is 13.4. The molecular formula is C52H37N5. The molecule has 11 rings (SSSR count). The van der Waals surface area contributed by atoms with Gasteiger partial charge in [-0.2, -0.15) is 4.99 Å². The van der Waals surface area contributed by atoms with E-state index in [4.69, 9.17) is 9.98 Å². The SMILES string of the molecule is CN1C(n2c3ccccc3c3cc(-c4ccc5c(c4)c4ccccc4n5-c4ccccc4)ccc32)=NC(c2ccccc2)=NC1c1cccc(-c2ccccc2)c1. The maximum Gasteiger partial charge on any atom is 0.214 e. The third-order valence-electron chi connectivity index (χ3n) is 11.3. The molecule has 270 valence electrons. The van der Waals surface area contributed by atoms with Gasteiger partial charge in [0.2, 0.25) is 5.96 Å². The van der Waals surface area contributed by atoms with Crippen LogP contribution in [0.5, 0.6) is 0 Å². The van der Waals surface area contributed by atoms with Crippen LogP contribution in [-0.2, 0) is 0 Å². The van der Waals surface area contributed by atoms with Crippen LogP contribution in [0.2, 0.25) is 0 Å². The van der Waals surface area contributed by atoms with E-state index in [1.54, 1.807) is 0 Å².